The third-order valence-corrected chi connectivity index (χ3v) is 7.24. The number of hydrogen-bond acceptors (Lipinski definition) is 5. The number of carbonyl (C=O) groups excluding carboxylic acids is 2. The molecule has 1 aliphatic rings. The fraction of sp³-hybridized carbons (Fsp3) is 0.368. The van der Waals surface area contributed by atoms with Crippen LogP contribution in [0, 0.1) is 0 Å². The number of benzene rings is 1. The second kappa shape index (κ2) is 9.31. The summed E-state index contributed by atoms with van der Waals surface area (Å²) in [5, 5.41) is 6.96. The van der Waals surface area contributed by atoms with Crippen molar-refractivity contribution in [1.29, 1.82) is 0 Å². The van der Waals surface area contributed by atoms with Gasteiger partial charge in [-0.3, -0.25) is 9.59 Å². The lowest BCUT2D eigenvalue weighted by molar-refractivity contribution is -0.115. The van der Waals surface area contributed by atoms with Crippen LogP contribution in [-0.4, -0.2) is 44.2 Å². The van der Waals surface area contributed by atoms with Crippen LogP contribution in [0.25, 0.3) is 0 Å². The van der Waals surface area contributed by atoms with Gasteiger partial charge in [0.15, 0.2) is 0 Å². The van der Waals surface area contributed by atoms with Gasteiger partial charge in [-0.25, -0.2) is 8.42 Å². The Morgan fingerprint density at radius 2 is 1.79 bits per heavy atom. The monoisotopic (exact) mass is 421 g/mol. The maximum absolute atomic E-state index is 12.9. The number of anilines is 1. The van der Waals surface area contributed by atoms with Crippen molar-refractivity contribution in [3.8, 4) is 0 Å². The number of carbonyl (C=O) groups is 2. The highest BCUT2D eigenvalue weighted by Crippen LogP contribution is 2.22. The summed E-state index contributed by atoms with van der Waals surface area (Å²) in [7, 11) is -3.59. The standard InChI is InChI=1S/C19H23N3O4S2/c23-18(14-20-19(24)17-9-6-12-27-17)21-15-7-5-8-16(13-15)28(25,26)22-10-3-1-2-4-11-22/h5-9,12-13H,1-4,10-11,14H2,(H,20,24)(H,21,23). The molecule has 28 heavy (non-hydrogen) atoms. The van der Waals surface area contributed by atoms with Crippen molar-refractivity contribution in [3.63, 3.8) is 0 Å². The Balaban J connectivity index is 1.62. The second-order valence-corrected chi connectivity index (χ2v) is 9.44. The topological polar surface area (TPSA) is 95.6 Å². The molecule has 1 aromatic heterocycles. The van der Waals surface area contributed by atoms with E-state index in [0.717, 1.165) is 25.7 Å². The number of sulfonamides is 1. The van der Waals surface area contributed by atoms with Crippen LogP contribution in [0.4, 0.5) is 5.69 Å². The summed E-state index contributed by atoms with van der Waals surface area (Å²) in [4.78, 5) is 24.7. The van der Waals surface area contributed by atoms with Gasteiger partial charge in [0.25, 0.3) is 5.91 Å². The van der Waals surface area contributed by atoms with Gasteiger partial charge in [0.05, 0.1) is 16.3 Å². The number of nitrogens with one attached hydrogen (secondary N) is 2. The molecule has 3 rings (SSSR count). The van der Waals surface area contributed by atoms with Crippen molar-refractivity contribution in [3.05, 3.63) is 46.7 Å². The molecule has 1 saturated heterocycles. The lowest BCUT2D eigenvalue weighted by atomic mass is 10.2. The predicted molar refractivity (Wildman–Crippen MR) is 109 cm³/mol. The lowest BCUT2D eigenvalue weighted by Gasteiger charge is -2.20. The fourth-order valence-electron chi connectivity index (χ4n) is 3.03. The van der Waals surface area contributed by atoms with Gasteiger partial charge in [-0.05, 0) is 42.5 Å². The summed E-state index contributed by atoms with van der Waals surface area (Å²) in [5.41, 5.74) is 0.381. The molecule has 0 bridgehead atoms. The van der Waals surface area contributed by atoms with E-state index in [0.29, 0.717) is 23.7 Å². The van der Waals surface area contributed by atoms with Crippen LogP contribution in [0.2, 0.25) is 0 Å². The van der Waals surface area contributed by atoms with Crippen molar-refractivity contribution < 1.29 is 18.0 Å². The highest BCUT2D eigenvalue weighted by molar-refractivity contribution is 7.89. The highest BCUT2D eigenvalue weighted by Gasteiger charge is 2.25. The molecule has 0 saturated carbocycles. The van der Waals surface area contributed by atoms with E-state index >= 15 is 0 Å². The van der Waals surface area contributed by atoms with Crippen LogP contribution in [-0.2, 0) is 14.8 Å². The van der Waals surface area contributed by atoms with E-state index in [2.05, 4.69) is 10.6 Å². The number of rotatable bonds is 6. The van der Waals surface area contributed by atoms with Gasteiger partial charge in [-0.15, -0.1) is 11.3 Å². The highest BCUT2D eigenvalue weighted by atomic mass is 32.2. The fourth-order valence-corrected chi connectivity index (χ4v) is 5.23. The molecule has 2 N–H and O–H groups in total. The number of thiophene rings is 1. The largest absolute Gasteiger partial charge is 0.342 e. The van der Waals surface area contributed by atoms with Gasteiger partial charge in [-0.1, -0.05) is 25.0 Å². The molecular weight excluding hydrogens is 398 g/mol. The molecule has 0 aliphatic carbocycles. The molecule has 150 valence electrons. The first-order valence-electron chi connectivity index (χ1n) is 9.18. The van der Waals surface area contributed by atoms with Gasteiger partial charge < -0.3 is 10.6 Å². The smallest absolute Gasteiger partial charge is 0.261 e. The minimum absolute atomic E-state index is 0.162. The molecular formula is C19H23N3O4S2. The number of nitrogens with zero attached hydrogens (tertiary/aromatic N) is 1. The van der Waals surface area contributed by atoms with Crippen LogP contribution in [0.15, 0.2) is 46.7 Å². The van der Waals surface area contributed by atoms with Gasteiger partial charge >= 0.3 is 0 Å². The van der Waals surface area contributed by atoms with Crippen molar-refractivity contribution >= 4 is 38.9 Å². The normalized spacial score (nSPS) is 15.6. The number of amides is 2. The first-order chi connectivity index (χ1) is 13.5. The van der Waals surface area contributed by atoms with E-state index in [4.69, 9.17) is 0 Å². The molecule has 1 aromatic carbocycles. The summed E-state index contributed by atoms with van der Waals surface area (Å²) < 4.78 is 27.3. The summed E-state index contributed by atoms with van der Waals surface area (Å²) in [6.45, 7) is 0.848. The second-order valence-electron chi connectivity index (χ2n) is 6.55. The van der Waals surface area contributed by atoms with E-state index in [1.807, 2.05) is 0 Å². The molecule has 0 atom stereocenters. The van der Waals surface area contributed by atoms with Crippen molar-refractivity contribution in [1.82, 2.24) is 9.62 Å². The van der Waals surface area contributed by atoms with E-state index < -0.39 is 15.9 Å². The van der Waals surface area contributed by atoms with Crippen molar-refractivity contribution in [2.24, 2.45) is 0 Å². The van der Waals surface area contributed by atoms with E-state index in [-0.39, 0.29) is 17.3 Å². The Kier molecular flexibility index (Phi) is 6.82. The zero-order valence-corrected chi connectivity index (χ0v) is 17.0. The van der Waals surface area contributed by atoms with Crippen molar-refractivity contribution in [2.45, 2.75) is 30.6 Å². The third-order valence-electron chi connectivity index (χ3n) is 4.48. The van der Waals surface area contributed by atoms with Gasteiger partial charge in [-0.2, -0.15) is 4.31 Å². The minimum atomic E-state index is -3.59. The maximum atomic E-state index is 12.9. The maximum Gasteiger partial charge on any atom is 0.261 e. The summed E-state index contributed by atoms with van der Waals surface area (Å²) in [6, 6.07) is 9.66. The Morgan fingerprint density at radius 1 is 1.04 bits per heavy atom. The SMILES string of the molecule is O=C(CNC(=O)c1cccs1)Nc1cccc(S(=O)(=O)N2CCCCCC2)c1. The molecule has 0 radical (unpaired) electrons. The van der Waals surface area contributed by atoms with Crippen LogP contribution in [0.3, 0.4) is 0 Å². The predicted octanol–water partition coefficient (Wildman–Crippen LogP) is 2.68. The minimum Gasteiger partial charge on any atom is -0.342 e. The summed E-state index contributed by atoms with van der Waals surface area (Å²) in [5.74, 6) is -0.739. The van der Waals surface area contributed by atoms with Crippen LogP contribution in [0.1, 0.15) is 35.4 Å². The van der Waals surface area contributed by atoms with Crippen LogP contribution in [0.5, 0.6) is 0 Å². The number of hydrogen-bond donors (Lipinski definition) is 2. The van der Waals surface area contributed by atoms with Crippen molar-refractivity contribution in [2.75, 3.05) is 25.0 Å². The van der Waals surface area contributed by atoms with Gasteiger partial charge in [0.2, 0.25) is 15.9 Å². The van der Waals surface area contributed by atoms with Crippen LogP contribution >= 0.6 is 11.3 Å². The quantitative estimate of drug-likeness (QED) is 0.750. The molecule has 2 aromatic rings. The third kappa shape index (κ3) is 5.18. The first kappa shape index (κ1) is 20.5. The van der Waals surface area contributed by atoms with E-state index in [1.165, 1.54) is 27.8 Å². The van der Waals surface area contributed by atoms with E-state index in [1.54, 1.807) is 29.6 Å². The lowest BCUT2D eigenvalue weighted by Crippen LogP contribution is -2.33. The molecule has 0 spiro atoms. The molecule has 1 fully saturated rings. The average Bonchev–Trinajstić information content (AvgIpc) is 3.08. The zero-order chi connectivity index (χ0) is 20.0. The summed E-state index contributed by atoms with van der Waals surface area (Å²) >= 11 is 1.29. The Labute approximate surface area is 168 Å². The Hall–Kier alpha value is -2.23. The molecule has 1 aliphatic heterocycles. The summed E-state index contributed by atoms with van der Waals surface area (Å²) in [6.07, 6.45) is 3.80. The average molecular weight is 422 g/mol. The van der Waals surface area contributed by atoms with E-state index in [9.17, 15) is 18.0 Å². The Bertz CT molecular complexity index is 918. The van der Waals surface area contributed by atoms with Gasteiger partial charge in [0, 0.05) is 18.8 Å². The molecule has 2 heterocycles. The Morgan fingerprint density at radius 3 is 2.46 bits per heavy atom. The molecule has 0 unspecified atom stereocenters. The zero-order valence-electron chi connectivity index (χ0n) is 15.4. The van der Waals surface area contributed by atoms with Gasteiger partial charge in [0.1, 0.15) is 0 Å². The first-order valence-corrected chi connectivity index (χ1v) is 11.5. The molecule has 2 amide bonds. The molecule has 7 nitrogen and oxygen atoms in total. The van der Waals surface area contributed by atoms with Crippen LogP contribution < -0.4 is 10.6 Å². The molecule has 9 heteroatoms.